The van der Waals surface area contributed by atoms with Crippen LogP contribution in [0.4, 0.5) is 0 Å². The maximum absolute atomic E-state index is 10.5. The van der Waals surface area contributed by atoms with Crippen LogP contribution in [0, 0.1) is 0 Å². The molecule has 0 radical (unpaired) electrons. The molecule has 0 atom stereocenters. The highest BCUT2D eigenvalue weighted by atomic mass is 32.1. The standard InChI is InChI=1S/C18H14O4S/c1-21-14-7-8-15-16(11-23-17(15)10-14)22-13-5-2-12(3-6-13)4-9-18(19)20/h2-11H,1H3,(H,19,20)/b9-4+. The number of hydrogen-bond donors (Lipinski definition) is 1. The smallest absolute Gasteiger partial charge is 0.328 e. The lowest BCUT2D eigenvalue weighted by Crippen LogP contribution is -1.86. The summed E-state index contributed by atoms with van der Waals surface area (Å²) in [5, 5.41) is 11.6. The van der Waals surface area contributed by atoms with Crippen LogP contribution in [-0.4, -0.2) is 18.2 Å². The molecular weight excluding hydrogens is 312 g/mol. The number of thiophene rings is 1. The topological polar surface area (TPSA) is 55.8 Å². The van der Waals surface area contributed by atoms with Gasteiger partial charge in [0, 0.05) is 21.5 Å². The minimum atomic E-state index is -0.967. The Balaban J connectivity index is 1.80. The lowest BCUT2D eigenvalue weighted by Gasteiger charge is -2.05. The molecule has 4 nitrogen and oxygen atoms in total. The molecule has 5 heteroatoms. The van der Waals surface area contributed by atoms with Gasteiger partial charge in [0.1, 0.15) is 17.2 Å². The van der Waals surface area contributed by atoms with Gasteiger partial charge in [0.15, 0.2) is 0 Å². The highest BCUT2D eigenvalue weighted by Crippen LogP contribution is 2.37. The van der Waals surface area contributed by atoms with Crippen molar-refractivity contribution in [2.75, 3.05) is 7.11 Å². The van der Waals surface area contributed by atoms with E-state index in [1.54, 1.807) is 24.5 Å². The van der Waals surface area contributed by atoms with Crippen LogP contribution in [0.1, 0.15) is 5.56 Å². The van der Waals surface area contributed by atoms with Gasteiger partial charge in [0.05, 0.1) is 7.11 Å². The minimum absolute atomic E-state index is 0.702. The van der Waals surface area contributed by atoms with E-state index in [2.05, 4.69) is 0 Å². The van der Waals surface area contributed by atoms with Crippen molar-refractivity contribution in [3.63, 3.8) is 0 Å². The van der Waals surface area contributed by atoms with Gasteiger partial charge in [-0.25, -0.2) is 4.79 Å². The predicted octanol–water partition coefficient (Wildman–Crippen LogP) is 4.80. The molecule has 0 fully saturated rings. The molecule has 0 aliphatic carbocycles. The first kappa shape index (κ1) is 15.1. The number of rotatable bonds is 5. The SMILES string of the molecule is COc1ccc2c(Oc3ccc(/C=C/C(=O)O)cc3)csc2c1. The first-order valence-electron chi connectivity index (χ1n) is 6.90. The van der Waals surface area contributed by atoms with Crippen molar-refractivity contribution in [1.29, 1.82) is 0 Å². The Morgan fingerprint density at radius 1 is 1.13 bits per heavy atom. The van der Waals surface area contributed by atoms with Crippen LogP contribution < -0.4 is 9.47 Å². The van der Waals surface area contributed by atoms with Gasteiger partial charge >= 0.3 is 5.97 Å². The molecule has 0 aliphatic rings. The second-order valence-corrected chi connectivity index (χ2v) is 5.72. The number of benzene rings is 2. The molecule has 116 valence electrons. The van der Waals surface area contributed by atoms with Gasteiger partial charge in [0.2, 0.25) is 0 Å². The summed E-state index contributed by atoms with van der Waals surface area (Å²) in [6, 6.07) is 13.1. The number of carboxylic acid groups (broad SMARTS) is 1. The molecule has 3 rings (SSSR count). The normalized spacial score (nSPS) is 11.0. The Morgan fingerprint density at radius 3 is 2.57 bits per heavy atom. The summed E-state index contributed by atoms with van der Waals surface area (Å²) in [5.41, 5.74) is 0.805. The summed E-state index contributed by atoms with van der Waals surface area (Å²) in [7, 11) is 1.65. The van der Waals surface area contributed by atoms with Gasteiger partial charge in [-0.3, -0.25) is 0 Å². The van der Waals surface area contributed by atoms with Crippen molar-refractivity contribution in [1.82, 2.24) is 0 Å². The summed E-state index contributed by atoms with van der Waals surface area (Å²) in [6.07, 6.45) is 2.65. The Hall–Kier alpha value is -2.79. The third-order valence-corrected chi connectivity index (χ3v) is 4.20. The van der Waals surface area contributed by atoms with E-state index in [9.17, 15) is 4.79 Å². The van der Waals surface area contributed by atoms with Crippen LogP contribution in [0.25, 0.3) is 16.2 Å². The maximum Gasteiger partial charge on any atom is 0.328 e. The molecule has 23 heavy (non-hydrogen) atoms. The molecule has 0 saturated heterocycles. The molecule has 0 spiro atoms. The zero-order valence-electron chi connectivity index (χ0n) is 12.4. The Kier molecular flexibility index (Phi) is 4.30. The van der Waals surface area contributed by atoms with Crippen LogP contribution >= 0.6 is 11.3 Å². The second-order valence-electron chi connectivity index (χ2n) is 4.80. The van der Waals surface area contributed by atoms with Crippen LogP contribution in [0.3, 0.4) is 0 Å². The van der Waals surface area contributed by atoms with Crippen LogP contribution in [-0.2, 0) is 4.79 Å². The molecule has 1 aromatic heterocycles. The first-order chi connectivity index (χ1) is 11.2. The predicted molar refractivity (Wildman–Crippen MR) is 91.6 cm³/mol. The van der Waals surface area contributed by atoms with E-state index in [4.69, 9.17) is 14.6 Å². The van der Waals surface area contributed by atoms with Gasteiger partial charge < -0.3 is 14.6 Å². The number of aliphatic carboxylic acids is 1. The Labute approximate surface area is 137 Å². The maximum atomic E-state index is 10.5. The molecule has 0 saturated carbocycles. The number of ether oxygens (including phenoxy) is 2. The fraction of sp³-hybridized carbons (Fsp3) is 0.0556. The zero-order valence-corrected chi connectivity index (χ0v) is 13.2. The molecular formula is C18H14O4S. The van der Waals surface area contributed by atoms with E-state index in [1.165, 1.54) is 0 Å². The molecule has 1 N–H and O–H groups in total. The van der Waals surface area contributed by atoms with Gasteiger partial charge in [-0.2, -0.15) is 0 Å². The summed E-state index contributed by atoms with van der Waals surface area (Å²) < 4.78 is 12.2. The van der Waals surface area contributed by atoms with E-state index in [0.29, 0.717) is 5.75 Å². The van der Waals surface area contributed by atoms with E-state index in [0.717, 1.165) is 33.2 Å². The van der Waals surface area contributed by atoms with Crippen LogP contribution in [0.5, 0.6) is 17.2 Å². The summed E-state index contributed by atoms with van der Waals surface area (Å²) in [5.74, 6) is 1.35. The van der Waals surface area contributed by atoms with E-state index < -0.39 is 5.97 Å². The molecule has 0 amide bonds. The van der Waals surface area contributed by atoms with Crippen molar-refractivity contribution in [3.8, 4) is 17.2 Å². The van der Waals surface area contributed by atoms with Gasteiger partial charge in [-0.1, -0.05) is 12.1 Å². The fourth-order valence-corrected chi connectivity index (χ4v) is 3.02. The molecule has 2 aromatic carbocycles. The highest BCUT2D eigenvalue weighted by Gasteiger charge is 2.07. The average molecular weight is 326 g/mol. The monoisotopic (exact) mass is 326 g/mol. The van der Waals surface area contributed by atoms with Gasteiger partial charge in [-0.05, 0) is 42.0 Å². The molecule has 0 unspecified atom stereocenters. The van der Waals surface area contributed by atoms with Crippen molar-refractivity contribution < 1.29 is 19.4 Å². The molecule has 3 aromatic rings. The lowest BCUT2D eigenvalue weighted by atomic mass is 10.2. The van der Waals surface area contributed by atoms with Gasteiger partial charge in [-0.15, -0.1) is 11.3 Å². The van der Waals surface area contributed by atoms with E-state index >= 15 is 0 Å². The third-order valence-electron chi connectivity index (χ3n) is 3.27. The first-order valence-corrected chi connectivity index (χ1v) is 7.78. The largest absolute Gasteiger partial charge is 0.497 e. The highest BCUT2D eigenvalue weighted by molar-refractivity contribution is 7.17. The van der Waals surface area contributed by atoms with Crippen molar-refractivity contribution in [3.05, 3.63) is 59.5 Å². The summed E-state index contributed by atoms with van der Waals surface area (Å²) >= 11 is 1.60. The zero-order chi connectivity index (χ0) is 16.2. The fourth-order valence-electron chi connectivity index (χ4n) is 2.13. The molecule has 1 heterocycles. The van der Waals surface area contributed by atoms with E-state index in [1.807, 2.05) is 47.8 Å². The van der Waals surface area contributed by atoms with Crippen LogP contribution in [0.2, 0.25) is 0 Å². The number of carbonyl (C=O) groups is 1. The number of methoxy groups -OCH3 is 1. The summed E-state index contributed by atoms with van der Waals surface area (Å²) in [6.45, 7) is 0. The second kappa shape index (κ2) is 6.54. The van der Waals surface area contributed by atoms with Crippen molar-refractivity contribution >= 4 is 33.5 Å². The number of hydrogen-bond acceptors (Lipinski definition) is 4. The van der Waals surface area contributed by atoms with Crippen LogP contribution in [0.15, 0.2) is 53.9 Å². The third kappa shape index (κ3) is 3.52. The Morgan fingerprint density at radius 2 is 1.87 bits per heavy atom. The van der Waals surface area contributed by atoms with Gasteiger partial charge in [0.25, 0.3) is 0 Å². The van der Waals surface area contributed by atoms with E-state index in [-0.39, 0.29) is 0 Å². The average Bonchev–Trinajstić information content (AvgIpc) is 2.96. The quantitative estimate of drug-likeness (QED) is 0.684. The molecule has 0 bridgehead atoms. The van der Waals surface area contributed by atoms with Crippen molar-refractivity contribution in [2.24, 2.45) is 0 Å². The molecule has 0 aliphatic heterocycles. The summed E-state index contributed by atoms with van der Waals surface area (Å²) in [4.78, 5) is 10.5. The van der Waals surface area contributed by atoms with Crippen molar-refractivity contribution in [2.45, 2.75) is 0 Å². The lowest BCUT2D eigenvalue weighted by molar-refractivity contribution is -0.131. The number of carboxylic acids is 1. The Bertz CT molecular complexity index is 862. The minimum Gasteiger partial charge on any atom is -0.497 e. The number of fused-ring (bicyclic) bond motifs is 1.